The Bertz CT molecular complexity index is 2530. The van der Waals surface area contributed by atoms with Crippen molar-refractivity contribution < 1.29 is 193 Å². The number of ether oxygens (including phenoxy) is 14. The predicted molar refractivity (Wildman–Crippen MR) is 308 cm³/mol. The molecule has 0 aromatic carbocycles. The quantitative estimate of drug-likeness (QED) is 0.0287. The lowest BCUT2D eigenvalue weighted by Gasteiger charge is -2.52. The summed E-state index contributed by atoms with van der Waals surface area (Å²) in [5.41, 5.74) is 5.53. The molecule has 0 aromatic rings. The molecule has 0 spiro atoms. The zero-order valence-electron chi connectivity index (χ0n) is 53.7. The number of carbonyl (C=O) groups is 4. The number of nitrogens with two attached hydrogens (primary N) is 1. The second-order valence-electron chi connectivity index (χ2n) is 24.9. The van der Waals surface area contributed by atoms with Crippen molar-refractivity contribution in [3.8, 4) is 0 Å². The molecule has 0 bridgehead atoms. The molecule has 36 atom stereocenters. The molecule has 43 nitrogen and oxygen atoms in total. The fraction of sp³-hybridized carbons (Fsp3) is 0.929. The summed E-state index contributed by atoms with van der Waals surface area (Å²) in [6.07, 6.45) is -64.5. The minimum absolute atomic E-state index is 0.0669. The van der Waals surface area contributed by atoms with Gasteiger partial charge in [-0.25, -0.2) is 0 Å². The van der Waals surface area contributed by atoms with Crippen LogP contribution in [0.15, 0.2) is 0 Å². The molecule has 25 N–H and O–H groups in total. The molecule has 7 aliphatic rings. The van der Waals surface area contributed by atoms with Crippen molar-refractivity contribution in [1.29, 1.82) is 0 Å². The first-order valence-electron chi connectivity index (χ1n) is 31.9. The molecule has 7 saturated heterocycles. The summed E-state index contributed by atoms with van der Waals surface area (Å²) >= 11 is 0. The van der Waals surface area contributed by atoms with Crippen LogP contribution in [-0.2, 0) is 85.5 Å². The molecular formula is C56H95N4O39-. The van der Waals surface area contributed by atoms with E-state index in [0.717, 1.165) is 20.8 Å². The van der Waals surface area contributed by atoms with Gasteiger partial charge >= 0.3 is 0 Å². The first-order valence-corrected chi connectivity index (χ1v) is 31.9. The van der Waals surface area contributed by atoms with Gasteiger partial charge in [0.05, 0.1) is 58.4 Å². The third kappa shape index (κ3) is 19.0. The number of amides is 3. The fourth-order valence-corrected chi connectivity index (χ4v) is 12.7. The number of carbonyl (C=O) groups excluding carboxylic acids is 4. The molecule has 99 heavy (non-hydrogen) atoms. The number of nitrogens with one attached hydrogen (secondary N) is 3. The minimum atomic E-state index is -3.34. The summed E-state index contributed by atoms with van der Waals surface area (Å²) in [4.78, 5) is 50.8. The van der Waals surface area contributed by atoms with Gasteiger partial charge in [-0.1, -0.05) is 0 Å². The highest BCUT2D eigenvalue weighted by Gasteiger charge is 2.61. The first kappa shape index (κ1) is 82.8. The van der Waals surface area contributed by atoms with Gasteiger partial charge in [0, 0.05) is 33.8 Å². The second kappa shape index (κ2) is 36.9. The van der Waals surface area contributed by atoms with Crippen molar-refractivity contribution in [3.63, 3.8) is 0 Å². The molecule has 0 saturated carbocycles. The number of rotatable bonds is 31. The van der Waals surface area contributed by atoms with Gasteiger partial charge in [-0.15, -0.1) is 0 Å². The van der Waals surface area contributed by atoms with Crippen LogP contribution in [0.5, 0.6) is 0 Å². The average Bonchev–Trinajstić information content (AvgIpc) is 0.763. The predicted octanol–water partition coefficient (Wildman–Crippen LogP) is -16.8. The Kier molecular flexibility index (Phi) is 30.9. The summed E-state index contributed by atoms with van der Waals surface area (Å²) in [5, 5.41) is 241. The van der Waals surface area contributed by atoms with E-state index in [2.05, 4.69) is 16.0 Å². The molecule has 43 heteroatoms. The van der Waals surface area contributed by atoms with E-state index in [1.165, 1.54) is 0 Å². The molecule has 7 aliphatic heterocycles. The van der Waals surface area contributed by atoms with Gasteiger partial charge in [-0.3, -0.25) is 14.4 Å². The SMILES string of the molecule is CC(=O)N[C@H]1[C@H](O[C@H]2[C@@H](O)[C@@H](CO)O[C@@H](O[C@H]3[C@H](O)[C@@H](O)[C@H](OCCCCCN)O[C@@H]3CO)[C@@H]2O)O[C@H](CO)[C@@H](O[C@@H]2O[C@H](CO)[C@H](O)[C@H](O[C@@H]3O[C@H](CO)[C@@H](O[C@@H]4O[C@H](CO)[C@H](O)[C@H](O[C@]5(C(=O)[O-])C[C@H](O)[C@@H](NC(C)=O)[C@H]([C@H](O)[C@H](O)CO)O5)[C@H]4O)[C@H](O)[C@H]3NC(C)=O)[C@H]2O)[C@@H]1O. The molecule has 7 rings (SSSR count). The summed E-state index contributed by atoms with van der Waals surface area (Å²) in [5.74, 6) is -8.41. The Morgan fingerprint density at radius 1 is 0.455 bits per heavy atom. The van der Waals surface area contributed by atoms with Crippen molar-refractivity contribution >= 4 is 23.7 Å². The highest BCUT2D eigenvalue weighted by atomic mass is 16.8. The summed E-state index contributed by atoms with van der Waals surface area (Å²) in [6.45, 7) is -4.27. The Labute approximate surface area is 563 Å². The van der Waals surface area contributed by atoms with Crippen LogP contribution < -0.4 is 26.8 Å². The molecule has 0 aliphatic carbocycles. The summed E-state index contributed by atoms with van der Waals surface area (Å²) in [7, 11) is 0. The normalized spacial score (nSPS) is 45.1. The monoisotopic (exact) mass is 1450 g/mol. The molecule has 0 radical (unpaired) electrons. The average molecular weight is 1450 g/mol. The Morgan fingerprint density at radius 2 is 0.818 bits per heavy atom. The zero-order valence-corrected chi connectivity index (χ0v) is 53.7. The Morgan fingerprint density at radius 3 is 1.20 bits per heavy atom. The van der Waals surface area contributed by atoms with Crippen molar-refractivity contribution in [3.05, 3.63) is 0 Å². The Hall–Kier alpha value is -3.52. The van der Waals surface area contributed by atoms with E-state index in [1.807, 2.05) is 0 Å². The van der Waals surface area contributed by atoms with Crippen LogP contribution in [0.1, 0.15) is 46.5 Å². The molecular weight excluding hydrogens is 1350 g/mol. The maximum absolute atomic E-state index is 13.0. The van der Waals surface area contributed by atoms with Crippen LogP contribution >= 0.6 is 0 Å². The molecule has 7 fully saturated rings. The van der Waals surface area contributed by atoms with Crippen LogP contribution in [0.25, 0.3) is 0 Å². The summed E-state index contributed by atoms with van der Waals surface area (Å²) in [6, 6.07) is -5.54. The molecule has 574 valence electrons. The number of carboxylic acids is 1. The van der Waals surface area contributed by atoms with Gasteiger partial charge < -0.3 is 200 Å². The second-order valence-corrected chi connectivity index (χ2v) is 24.9. The lowest BCUT2D eigenvalue weighted by molar-refractivity contribution is -0.411. The van der Waals surface area contributed by atoms with Gasteiger partial charge in [0.2, 0.25) is 23.5 Å². The molecule has 0 unspecified atom stereocenters. The van der Waals surface area contributed by atoms with E-state index in [0.29, 0.717) is 25.8 Å². The third-order valence-corrected chi connectivity index (χ3v) is 17.8. The highest BCUT2D eigenvalue weighted by Crippen LogP contribution is 2.41. The first-order chi connectivity index (χ1) is 46.9. The van der Waals surface area contributed by atoms with Crippen molar-refractivity contribution in [1.82, 2.24) is 16.0 Å². The minimum Gasteiger partial charge on any atom is -0.544 e. The third-order valence-electron chi connectivity index (χ3n) is 17.8. The van der Waals surface area contributed by atoms with Crippen LogP contribution in [0.3, 0.4) is 0 Å². The summed E-state index contributed by atoms with van der Waals surface area (Å²) < 4.78 is 81.1. The van der Waals surface area contributed by atoms with E-state index in [4.69, 9.17) is 72.0 Å². The highest BCUT2D eigenvalue weighted by molar-refractivity contribution is 5.75. The topological polar surface area (TPSA) is 687 Å². The van der Waals surface area contributed by atoms with E-state index >= 15 is 0 Å². The van der Waals surface area contributed by atoms with Crippen molar-refractivity contribution in [2.75, 3.05) is 59.4 Å². The van der Waals surface area contributed by atoms with Crippen LogP contribution in [0.2, 0.25) is 0 Å². The number of carboxylic acid groups (broad SMARTS) is 1. The zero-order chi connectivity index (χ0) is 73.2. The van der Waals surface area contributed by atoms with E-state index < -0.39 is 297 Å². The molecule has 3 amide bonds. The lowest BCUT2D eigenvalue weighted by atomic mass is 9.88. The Balaban J connectivity index is 1.08. The largest absolute Gasteiger partial charge is 0.544 e. The van der Waals surface area contributed by atoms with E-state index in [-0.39, 0.29) is 6.61 Å². The molecule has 7 heterocycles. The van der Waals surface area contributed by atoms with E-state index in [9.17, 15) is 126 Å². The maximum atomic E-state index is 13.0. The van der Waals surface area contributed by atoms with Crippen molar-refractivity contribution in [2.24, 2.45) is 5.73 Å². The number of hydrogen-bond acceptors (Lipinski definition) is 40. The maximum Gasteiger partial charge on any atom is 0.217 e. The number of aliphatic hydroxyl groups excluding tert-OH is 20. The number of hydrogen-bond donors (Lipinski definition) is 24. The fourth-order valence-electron chi connectivity index (χ4n) is 12.7. The van der Waals surface area contributed by atoms with E-state index in [1.54, 1.807) is 0 Å². The van der Waals surface area contributed by atoms with Crippen molar-refractivity contribution in [2.45, 2.75) is 267 Å². The molecule has 0 aromatic heterocycles. The van der Waals surface area contributed by atoms with Gasteiger partial charge in [-0.05, 0) is 25.8 Å². The van der Waals surface area contributed by atoms with Gasteiger partial charge in [0.25, 0.3) is 0 Å². The van der Waals surface area contributed by atoms with Gasteiger partial charge in [0.1, 0.15) is 171 Å². The van der Waals surface area contributed by atoms with Crippen LogP contribution in [0, 0.1) is 0 Å². The number of aliphatic carboxylic acids is 1. The lowest BCUT2D eigenvalue weighted by Crippen LogP contribution is -2.72. The van der Waals surface area contributed by atoms with Crippen LogP contribution in [0.4, 0.5) is 0 Å². The standard InChI is InChI=1S/C56H96N4O39/c1-17(68)58-28-20(71)9-56(55(84)85,98-45(28)31(73)21(72)10-61)99-48-34(76)24(13-64)89-54(41(48)83)94-43-26(15-66)91-50(30(36(43)78)60-19(3)70)96-46-32(74)22(11-62)87-52(39(46)81)93-42-25(14-65)90-49(29(35(42)77)59-18(2)69)97-47-33(75)23(12-63)88-53(40(47)82)95-44-27(16-67)92-51(38(80)37(44)79)86-8-6-4-5-7-57/h20-54,61-67,71-83H,4-16,57H2,1-3H3,(H,58,68)(H,59,69)(H,60,70)(H,84,85)/p-1/t20-,21+,22+,23+,24+,25+,26+,27+,28+,29+,30+,31+,32-,33-,34-,35+,36+,37+,38+,39+,40+,41+,42+,43+,44+,45+,46-,47-,48-,49-,50-,51+,52-,53-,54-,56-/m0/s1. The number of aliphatic hydroxyl groups is 20. The van der Waals surface area contributed by atoms with Crippen LogP contribution in [-0.4, -0.2) is 406 Å². The van der Waals surface area contributed by atoms with Gasteiger partial charge in [-0.2, -0.15) is 0 Å². The number of unbranched alkanes of at least 4 members (excludes halogenated alkanes) is 2. The van der Waals surface area contributed by atoms with Gasteiger partial charge in [0.15, 0.2) is 37.7 Å². The smallest absolute Gasteiger partial charge is 0.217 e.